The molecule has 2 N–H and O–H groups in total. The standard InChI is InChI=1S/C18H20BrF2NO3.ClH/c19-14-8-16(20)18(17(21)9-14)25-12-15(24)11-22(6-7-23)10-13-4-2-1-3-5-13;/h1-5,8-9,15,23-24H,6-7,10-12H2;1H. The van der Waals surface area contributed by atoms with Crippen molar-refractivity contribution in [3.05, 3.63) is 64.1 Å². The normalized spacial score (nSPS) is 11.9. The van der Waals surface area contributed by atoms with Gasteiger partial charge in [-0.25, -0.2) is 8.78 Å². The third-order valence-corrected chi connectivity index (χ3v) is 3.98. The van der Waals surface area contributed by atoms with Gasteiger partial charge in [-0.05, 0) is 17.7 Å². The van der Waals surface area contributed by atoms with Crippen LogP contribution in [0.3, 0.4) is 0 Å². The van der Waals surface area contributed by atoms with E-state index in [1.54, 1.807) is 0 Å². The molecule has 0 bridgehead atoms. The van der Waals surface area contributed by atoms with Crippen molar-refractivity contribution in [1.29, 1.82) is 0 Å². The first-order valence-corrected chi connectivity index (χ1v) is 8.61. The Morgan fingerprint density at radius 3 is 2.31 bits per heavy atom. The largest absolute Gasteiger partial charge is 0.485 e. The second-order valence-corrected chi connectivity index (χ2v) is 6.52. The molecule has 0 heterocycles. The van der Waals surface area contributed by atoms with Crippen LogP contribution in [0, 0.1) is 11.6 Å². The third kappa shape index (κ3) is 7.17. The molecule has 0 saturated carbocycles. The molecule has 4 nitrogen and oxygen atoms in total. The lowest BCUT2D eigenvalue weighted by Gasteiger charge is -2.24. The molecule has 0 aromatic heterocycles. The van der Waals surface area contributed by atoms with Crippen LogP contribution in [0.4, 0.5) is 8.78 Å². The summed E-state index contributed by atoms with van der Waals surface area (Å²) in [6, 6.07) is 11.8. The van der Waals surface area contributed by atoms with Gasteiger partial charge in [0, 0.05) is 24.1 Å². The maximum absolute atomic E-state index is 13.7. The molecule has 0 amide bonds. The zero-order valence-electron chi connectivity index (χ0n) is 13.9. The zero-order valence-corrected chi connectivity index (χ0v) is 16.3. The number of rotatable bonds is 9. The minimum atomic E-state index is -0.960. The number of nitrogens with zero attached hydrogens (tertiary/aromatic N) is 1. The van der Waals surface area contributed by atoms with Gasteiger partial charge in [0.1, 0.15) is 12.7 Å². The molecule has 0 fully saturated rings. The number of hydrogen-bond donors (Lipinski definition) is 2. The molecule has 0 radical (unpaired) electrons. The van der Waals surface area contributed by atoms with Gasteiger partial charge in [0.15, 0.2) is 17.4 Å². The molecule has 8 heteroatoms. The van der Waals surface area contributed by atoms with E-state index < -0.39 is 23.5 Å². The van der Waals surface area contributed by atoms with Gasteiger partial charge in [-0.15, -0.1) is 12.4 Å². The Labute approximate surface area is 165 Å². The number of benzene rings is 2. The van der Waals surface area contributed by atoms with Crippen LogP contribution in [0.25, 0.3) is 0 Å². The Bertz CT molecular complexity index is 656. The average molecular weight is 453 g/mol. The maximum atomic E-state index is 13.7. The fraction of sp³-hybridized carbons (Fsp3) is 0.333. The van der Waals surface area contributed by atoms with Crippen LogP contribution in [-0.4, -0.2) is 47.5 Å². The predicted octanol–water partition coefficient (Wildman–Crippen LogP) is 3.38. The van der Waals surface area contributed by atoms with E-state index in [1.165, 1.54) is 0 Å². The van der Waals surface area contributed by atoms with Crippen LogP contribution in [0.1, 0.15) is 5.56 Å². The highest BCUT2D eigenvalue weighted by molar-refractivity contribution is 9.10. The lowest BCUT2D eigenvalue weighted by molar-refractivity contribution is 0.0565. The molecule has 144 valence electrons. The molecule has 0 aliphatic rings. The minimum Gasteiger partial charge on any atom is -0.485 e. The van der Waals surface area contributed by atoms with E-state index in [0.29, 0.717) is 13.1 Å². The van der Waals surface area contributed by atoms with Crippen LogP contribution in [0.15, 0.2) is 46.9 Å². The zero-order chi connectivity index (χ0) is 18.2. The molecule has 2 aromatic rings. The minimum absolute atomic E-state index is 0. The van der Waals surface area contributed by atoms with Gasteiger partial charge in [0.05, 0.1) is 6.61 Å². The molecule has 0 saturated heterocycles. The van der Waals surface area contributed by atoms with Gasteiger partial charge < -0.3 is 14.9 Å². The lowest BCUT2D eigenvalue weighted by atomic mass is 10.2. The van der Waals surface area contributed by atoms with Gasteiger partial charge in [0.2, 0.25) is 0 Å². The quantitative estimate of drug-likeness (QED) is 0.612. The van der Waals surface area contributed by atoms with Gasteiger partial charge in [-0.1, -0.05) is 46.3 Å². The number of ether oxygens (including phenoxy) is 1. The second-order valence-electron chi connectivity index (χ2n) is 5.61. The van der Waals surface area contributed by atoms with Crippen LogP contribution in [0.2, 0.25) is 0 Å². The second kappa shape index (κ2) is 11.5. The molecule has 2 rings (SSSR count). The monoisotopic (exact) mass is 451 g/mol. The molecule has 1 unspecified atom stereocenters. The summed E-state index contributed by atoms with van der Waals surface area (Å²) in [4.78, 5) is 1.84. The molecule has 0 aliphatic heterocycles. The van der Waals surface area contributed by atoms with E-state index in [0.717, 1.165) is 17.7 Å². The van der Waals surface area contributed by atoms with Crippen molar-refractivity contribution in [2.75, 3.05) is 26.3 Å². The SMILES string of the molecule is Cl.OCCN(Cc1ccccc1)CC(O)COc1c(F)cc(Br)cc1F. The smallest absolute Gasteiger partial charge is 0.190 e. The van der Waals surface area contributed by atoms with Gasteiger partial charge >= 0.3 is 0 Å². The summed E-state index contributed by atoms with van der Waals surface area (Å²) in [7, 11) is 0. The number of hydrogen-bond acceptors (Lipinski definition) is 4. The summed E-state index contributed by atoms with van der Waals surface area (Å²) < 4.78 is 32.8. The molecule has 2 aromatic carbocycles. The van der Waals surface area contributed by atoms with Crippen molar-refractivity contribution in [3.8, 4) is 5.75 Å². The Morgan fingerprint density at radius 1 is 1.12 bits per heavy atom. The highest BCUT2D eigenvalue weighted by atomic mass is 79.9. The molecular weight excluding hydrogens is 432 g/mol. The van der Waals surface area contributed by atoms with Crippen molar-refractivity contribution in [1.82, 2.24) is 4.90 Å². The van der Waals surface area contributed by atoms with Crippen molar-refractivity contribution in [2.24, 2.45) is 0 Å². The van der Waals surface area contributed by atoms with E-state index in [-0.39, 0.29) is 36.6 Å². The highest BCUT2D eigenvalue weighted by Gasteiger charge is 2.16. The topological polar surface area (TPSA) is 52.9 Å². The maximum Gasteiger partial charge on any atom is 0.190 e. The Hall–Kier alpha value is -1.25. The first-order valence-electron chi connectivity index (χ1n) is 7.82. The van der Waals surface area contributed by atoms with Crippen molar-refractivity contribution < 1.29 is 23.7 Å². The van der Waals surface area contributed by atoms with E-state index in [2.05, 4.69) is 15.9 Å². The molecule has 26 heavy (non-hydrogen) atoms. The van der Waals surface area contributed by atoms with E-state index >= 15 is 0 Å². The van der Waals surface area contributed by atoms with Crippen molar-refractivity contribution >= 4 is 28.3 Å². The van der Waals surface area contributed by atoms with Crippen LogP contribution >= 0.6 is 28.3 Å². The summed E-state index contributed by atoms with van der Waals surface area (Å²) in [5, 5.41) is 19.3. The van der Waals surface area contributed by atoms with Crippen molar-refractivity contribution in [3.63, 3.8) is 0 Å². The molecular formula is C18H21BrClF2NO3. The Morgan fingerprint density at radius 2 is 1.73 bits per heavy atom. The Balaban J connectivity index is 0.00000338. The fourth-order valence-electron chi connectivity index (χ4n) is 2.42. The van der Waals surface area contributed by atoms with Crippen molar-refractivity contribution in [2.45, 2.75) is 12.6 Å². The van der Waals surface area contributed by atoms with E-state index in [1.807, 2.05) is 35.2 Å². The van der Waals surface area contributed by atoms with Gasteiger partial charge in [-0.2, -0.15) is 0 Å². The van der Waals surface area contributed by atoms with Crippen LogP contribution in [0.5, 0.6) is 5.75 Å². The molecule has 0 spiro atoms. The lowest BCUT2D eigenvalue weighted by Crippen LogP contribution is -2.37. The van der Waals surface area contributed by atoms with Crippen LogP contribution in [-0.2, 0) is 6.54 Å². The van der Waals surface area contributed by atoms with Crippen LogP contribution < -0.4 is 4.74 Å². The number of aliphatic hydroxyl groups excluding tert-OH is 2. The average Bonchev–Trinajstić information content (AvgIpc) is 2.55. The first kappa shape index (κ1) is 22.8. The fourth-order valence-corrected chi connectivity index (χ4v) is 2.82. The number of halogens is 4. The third-order valence-electron chi connectivity index (χ3n) is 3.52. The highest BCUT2D eigenvalue weighted by Crippen LogP contribution is 2.26. The summed E-state index contributed by atoms with van der Waals surface area (Å²) in [6.07, 6.45) is -0.960. The molecule has 0 aliphatic carbocycles. The first-order chi connectivity index (χ1) is 12.0. The summed E-state index contributed by atoms with van der Waals surface area (Å²) >= 11 is 2.99. The summed E-state index contributed by atoms with van der Waals surface area (Å²) in [5.74, 6) is -2.19. The number of aliphatic hydroxyl groups is 2. The van der Waals surface area contributed by atoms with Gasteiger partial charge in [-0.3, -0.25) is 4.90 Å². The van der Waals surface area contributed by atoms with E-state index in [4.69, 9.17) is 4.74 Å². The Kier molecular flexibility index (Phi) is 10.0. The van der Waals surface area contributed by atoms with E-state index in [9.17, 15) is 19.0 Å². The summed E-state index contributed by atoms with van der Waals surface area (Å²) in [5.41, 5.74) is 1.04. The molecule has 1 atom stereocenters. The summed E-state index contributed by atoms with van der Waals surface area (Å²) in [6.45, 7) is 0.796. The predicted molar refractivity (Wildman–Crippen MR) is 102 cm³/mol. The van der Waals surface area contributed by atoms with Gasteiger partial charge in [0.25, 0.3) is 0 Å².